The lowest BCUT2D eigenvalue weighted by Crippen LogP contribution is -2.67. The number of amides is 1. The third-order valence-electron chi connectivity index (χ3n) is 9.40. The fourth-order valence-electron chi connectivity index (χ4n) is 6.43. The van der Waals surface area contributed by atoms with Gasteiger partial charge in [0.2, 0.25) is 12.2 Å². The topological polar surface area (TPSA) is 214 Å². The highest BCUT2D eigenvalue weighted by atomic mass is 35.5. The molecular formula is C38H40ClNO13. The Kier molecular flexibility index (Phi) is 11.8. The zero-order valence-electron chi connectivity index (χ0n) is 28.6. The summed E-state index contributed by atoms with van der Waals surface area (Å²) in [4.78, 5) is 26.1. The van der Waals surface area contributed by atoms with Crippen LogP contribution in [0, 0.1) is 0 Å². The molecule has 3 fully saturated rings. The number of rotatable bonds is 11. The molecule has 1 saturated carbocycles. The van der Waals surface area contributed by atoms with Gasteiger partial charge in [-0.2, -0.15) is 0 Å². The number of fused-ring (bicyclic) bond motifs is 1. The summed E-state index contributed by atoms with van der Waals surface area (Å²) in [7, 11) is 0. The van der Waals surface area contributed by atoms with Gasteiger partial charge in [0.1, 0.15) is 68.0 Å². The van der Waals surface area contributed by atoms with Crippen LogP contribution in [0.4, 0.5) is 0 Å². The van der Waals surface area contributed by atoms with Crippen molar-refractivity contribution in [2.24, 2.45) is 0 Å². The van der Waals surface area contributed by atoms with Crippen LogP contribution in [-0.2, 0) is 19.0 Å². The van der Waals surface area contributed by atoms with Gasteiger partial charge in [0.15, 0.2) is 17.3 Å². The van der Waals surface area contributed by atoms with Crippen molar-refractivity contribution in [3.63, 3.8) is 0 Å². The van der Waals surface area contributed by atoms with Gasteiger partial charge in [-0.25, -0.2) is 0 Å². The SMILES string of the molecule is C/C(=C\c1ccc(O[C@@H]2O[C@H](/C(C)=C/COc3ccc(Cl)cc3C(=O)c3ccccc3)[C@@H](O)[C@@H]2O)c(O)c1)C(=O)N[C@@H]1[C@H](O)[C@@H](O)[C@H]2OCO[C@H]2[C@@H]1O. The summed E-state index contributed by atoms with van der Waals surface area (Å²) in [6, 6.07) is 16.4. The number of benzene rings is 3. The Bertz CT molecular complexity index is 1870. The van der Waals surface area contributed by atoms with Gasteiger partial charge >= 0.3 is 0 Å². The van der Waals surface area contributed by atoms with Gasteiger partial charge in [-0.05, 0) is 67.5 Å². The van der Waals surface area contributed by atoms with Crippen molar-refractivity contribution >= 4 is 29.4 Å². The number of ketones is 1. The number of nitrogens with one attached hydrogen (secondary N) is 1. The molecule has 6 rings (SSSR count). The lowest BCUT2D eigenvalue weighted by Gasteiger charge is -2.41. The molecule has 3 aromatic rings. The molecule has 3 aliphatic rings. The molecule has 2 aliphatic heterocycles. The van der Waals surface area contributed by atoms with Gasteiger partial charge in [-0.3, -0.25) is 9.59 Å². The van der Waals surface area contributed by atoms with Crippen LogP contribution in [0.2, 0.25) is 5.02 Å². The molecule has 53 heavy (non-hydrogen) atoms. The Labute approximate surface area is 309 Å². The summed E-state index contributed by atoms with van der Waals surface area (Å²) < 4.78 is 28.0. The van der Waals surface area contributed by atoms with Gasteiger partial charge in [-0.1, -0.05) is 48.0 Å². The highest BCUT2D eigenvalue weighted by Gasteiger charge is 2.53. The molecule has 14 nitrogen and oxygen atoms in total. The molecule has 282 valence electrons. The van der Waals surface area contributed by atoms with Gasteiger partial charge in [0.05, 0.1) is 11.6 Å². The molecule has 0 spiro atoms. The standard InChI is InChI=1S/C38H40ClNO13/c1-18(12-13-49-25-11-9-22(39)16-23(25)28(42)21-6-4-3-5-7-21)34-32(46)33(47)38(53-34)52-26-10-8-20(15-24(26)41)14-19(2)37(48)40-27-29(43)31(45)36-35(30(27)44)50-17-51-36/h3-12,14-16,27,29-36,38,41,43-47H,13,17H2,1-2H3,(H,40,48)/b18-12+,19-14+/t27-,29+,30-,31-,32+,33+,34-,35+,36-,38-/m1/s1. The highest BCUT2D eigenvalue weighted by Crippen LogP contribution is 2.34. The van der Waals surface area contributed by atoms with E-state index in [2.05, 4.69) is 5.32 Å². The zero-order valence-corrected chi connectivity index (χ0v) is 29.4. The fraction of sp³-hybridized carbons (Fsp3) is 0.368. The molecule has 0 unspecified atom stereocenters. The second kappa shape index (κ2) is 16.3. The summed E-state index contributed by atoms with van der Waals surface area (Å²) in [6.07, 6.45) is -8.21. The van der Waals surface area contributed by atoms with E-state index >= 15 is 0 Å². The molecular weight excluding hydrogens is 714 g/mol. The molecule has 1 amide bonds. The molecule has 0 bridgehead atoms. The van der Waals surface area contributed by atoms with Gasteiger partial charge in [0, 0.05) is 16.2 Å². The van der Waals surface area contributed by atoms with E-state index in [0.29, 0.717) is 27.5 Å². The normalized spacial score (nSPS) is 30.1. The van der Waals surface area contributed by atoms with Crippen LogP contribution < -0.4 is 14.8 Å². The third kappa shape index (κ3) is 8.26. The Morgan fingerprint density at radius 3 is 2.28 bits per heavy atom. The van der Waals surface area contributed by atoms with E-state index in [4.69, 9.17) is 35.3 Å². The van der Waals surface area contributed by atoms with Crippen LogP contribution in [0.25, 0.3) is 6.08 Å². The molecule has 15 heteroatoms. The molecule has 1 aliphatic carbocycles. The number of aromatic hydroxyl groups is 1. The number of carbonyl (C=O) groups is 2. The maximum absolute atomic E-state index is 13.1. The average Bonchev–Trinajstić information content (AvgIpc) is 3.75. The van der Waals surface area contributed by atoms with Crippen LogP contribution in [0.3, 0.4) is 0 Å². The minimum atomic E-state index is -1.51. The number of aliphatic hydroxyl groups is 5. The minimum Gasteiger partial charge on any atom is -0.504 e. The van der Waals surface area contributed by atoms with Crippen LogP contribution in [0.15, 0.2) is 84.0 Å². The van der Waals surface area contributed by atoms with Gasteiger partial charge < -0.3 is 59.6 Å². The fourth-order valence-corrected chi connectivity index (χ4v) is 6.61. The number of aliphatic hydroxyl groups excluding tert-OH is 5. The molecule has 3 aromatic carbocycles. The van der Waals surface area contributed by atoms with Crippen LogP contribution in [-0.4, -0.2) is 117 Å². The number of hydrogen-bond acceptors (Lipinski definition) is 13. The summed E-state index contributed by atoms with van der Waals surface area (Å²) in [5.74, 6) is -1.03. The van der Waals surface area contributed by atoms with Crippen molar-refractivity contribution < 1.29 is 63.9 Å². The minimum absolute atomic E-state index is 0.00191. The zero-order chi connectivity index (χ0) is 38.0. The Hall–Kier alpha value is -4.35. The predicted octanol–water partition coefficient (Wildman–Crippen LogP) is 1.85. The van der Waals surface area contributed by atoms with Crippen molar-refractivity contribution in [2.45, 2.75) is 75.0 Å². The van der Waals surface area contributed by atoms with Gasteiger partial charge in [0.25, 0.3) is 0 Å². The molecule has 2 heterocycles. The van der Waals surface area contributed by atoms with Gasteiger partial charge in [-0.15, -0.1) is 0 Å². The second-order valence-electron chi connectivity index (χ2n) is 13.0. The molecule has 2 saturated heterocycles. The van der Waals surface area contributed by atoms with E-state index < -0.39 is 67.1 Å². The van der Waals surface area contributed by atoms with Crippen LogP contribution in [0.1, 0.15) is 35.3 Å². The molecule has 10 atom stereocenters. The lowest BCUT2D eigenvalue weighted by atomic mass is 9.83. The van der Waals surface area contributed by atoms with Crippen molar-refractivity contribution in [3.8, 4) is 17.2 Å². The first-order chi connectivity index (χ1) is 25.3. The first-order valence-corrected chi connectivity index (χ1v) is 17.2. The molecule has 0 aromatic heterocycles. The molecule has 7 N–H and O–H groups in total. The summed E-state index contributed by atoms with van der Waals surface area (Å²) in [5, 5.41) is 66.6. The number of carbonyl (C=O) groups excluding carboxylic acids is 2. The first kappa shape index (κ1) is 38.4. The van der Waals surface area contributed by atoms with Crippen LogP contribution in [0.5, 0.6) is 17.2 Å². The van der Waals surface area contributed by atoms with E-state index in [9.17, 15) is 40.2 Å². The summed E-state index contributed by atoms with van der Waals surface area (Å²) >= 11 is 6.16. The van der Waals surface area contributed by atoms with Crippen molar-refractivity contribution in [2.75, 3.05) is 13.4 Å². The highest BCUT2D eigenvalue weighted by molar-refractivity contribution is 6.31. The number of ether oxygens (including phenoxy) is 5. The molecule has 0 radical (unpaired) electrons. The first-order valence-electron chi connectivity index (χ1n) is 16.8. The maximum Gasteiger partial charge on any atom is 0.247 e. The van der Waals surface area contributed by atoms with E-state index in [1.165, 1.54) is 37.3 Å². The Morgan fingerprint density at radius 2 is 1.57 bits per heavy atom. The largest absolute Gasteiger partial charge is 0.504 e. The lowest BCUT2D eigenvalue weighted by molar-refractivity contribution is -0.155. The van der Waals surface area contributed by atoms with E-state index in [1.54, 1.807) is 55.5 Å². The Balaban J connectivity index is 1.06. The van der Waals surface area contributed by atoms with E-state index in [-0.39, 0.29) is 41.8 Å². The average molecular weight is 754 g/mol. The van der Waals surface area contributed by atoms with E-state index in [1.807, 2.05) is 0 Å². The van der Waals surface area contributed by atoms with Crippen molar-refractivity contribution in [3.05, 3.63) is 106 Å². The van der Waals surface area contributed by atoms with Crippen molar-refractivity contribution in [1.82, 2.24) is 5.32 Å². The second-order valence-corrected chi connectivity index (χ2v) is 13.5. The number of hydrogen-bond donors (Lipinski definition) is 7. The number of halogens is 1. The summed E-state index contributed by atoms with van der Waals surface area (Å²) in [6.45, 7) is 2.99. The maximum atomic E-state index is 13.1. The third-order valence-corrected chi connectivity index (χ3v) is 9.64. The van der Waals surface area contributed by atoms with Crippen LogP contribution >= 0.6 is 11.6 Å². The number of phenolic OH excluding ortho intramolecular Hbond substituents is 1. The smallest absolute Gasteiger partial charge is 0.247 e. The predicted molar refractivity (Wildman–Crippen MR) is 188 cm³/mol. The van der Waals surface area contributed by atoms with Crippen molar-refractivity contribution in [1.29, 1.82) is 0 Å². The quantitative estimate of drug-likeness (QED) is 0.0848. The number of phenols is 1. The Morgan fingerprint density at radius 1 is 0.868 bits per heavy atom. The monoisotopic (exact) mass is 753 g/mol. The summed E-state index contributed by atoms with van der Waals surface area (Å²) in [5.41, 5.74) is 1.80. The van der Waals surface area contributed by atoms with E-state index in [0.717, 1.165) is 0 Å².